The number of hydrogen-bond donors (Lipinski definition) is 1. The zero-order chi connectivity index (χ0) is 13.2. The molecule has 2 rings (SSSR count). The number of thioether (sulfide) groups is 1. The van der Waals surface area contributed by atoms with Crippen LogP contribution in [0.2, 0.25) is 0 Å². The standard InChI is InChI=1S/C15H22BrNS/c1-11(12-5-4-6-13(16)7-12)17-14-8-15(2,3)10-18-9-14/h4-7,11,14,17H,8-10H2,1-3H3/t11-,14?/m1/s1. The normalized spacial score (nSPS) is 24.8. The quantitative estimate of drug-likeness (QED) is 0.868. The summed E-state index contributed by atoms with van der Waals surface area (Å²) in [5.41, 5.74) is 1.83. The first-order valence-corrected chi connectivity index (χ1v) is 8.50. The summed E-state index contributed by atoms with van der Waals surface area (Å²) in [5, 5.41) is 3.78. The lowest BCUT2D eigenvalue weighted by molar-refractivity contribution is 0.305. The lowest BCUT2D eigenvalue weighted by atomic mass is 9.87. The van der Waals surface area contributed by atoms with E-state index in [0.717, 1.165) is 4.47 Å². The Labute approximate surface area is 123 Å². The zero-order valence-electron chi connectivity index (χ0n) is 11.4. The Morgan fingerprint density at radius 2 is 2.22 bits per heavy atom. The fourth-order valence-corrected chi connectivity index (χ4v) is 4.30. The molecule has 0 aliphatic carbocycles. The SMILES string of the molecule is C[C@@H](NC1CSCC(C)(C)C1)c1cccc(Br)c1. The molecule has 0 bridgehead atoms. The van der Waals surface area contributed by atoms with E-state index in [0.29, 0.717) is 17.5 Å². The molecular formula is C15H22BrNS. The van der Waals surface area contributed by atoms with E-state index in [4.69, 9.17) is 0 Å². The van der Waals surface area contributed by atoms with Crippen LogP contribution in [0.25, 0.3) is 0 Å². The number of hydrogen-bond acceptors (Lipinski definition) is 2. The summed E-state index contributed by atoms with van der Waals surface area (Å²) >= 11 is 5.62. The largest absolute Gasteiger partial charge is 0.307 e. The molecule has 1 saturated heterocycles. The van der Waals surface area contributed by atoms with Gasteiger partial charge in [-0.3, -0.25) is 0 Å². The van der Waals surface area contributed by atoms with Gasteiger partial charge in [-0.1, -0.05) is 41.9 Å². The molecule has 1 N–H and O–H groups in total. The maximum atomic E-state index is 3.78. The summed E-state index contributed by atoms with van der Waals surface area (Å²) < 4.78 is 1.16. The minimum atomic E-state index is 0.419. The van der Waals surface area contributed by atoms with Crippen LogP contribution in [-0.2, 0) is 0 Å². The topological polar surface area (TPSA) is 12.0 Å². The number of benzene rings is 1. The van der Waals surface area contributed by atoms with Crippen molar-refractivity contribution in [1.82, 2.24) is 5.32 Å². The summed E-state index contributed by atoms with van der Waals surface area (Å²) in [6.07, 6.45) is 1.28. The molecule has 1 fully saturated rings. The van der Waals surface area contributed by atoms with Gasteiger partial charge >= 0.3 is 0 Å². The monoisotopic (exact) mass is 327 g/mol. The van der Waals surface area contributed by atoms with Gasteiger partial charge in [-0.05, 0) is 42.2 Å². The Morgan fingerprint density at radius 3 is 2.89 bits per heavy atom. The molecule has 1 aliphatic rings. The van der Waals surface area contributed by atoms with Gasteiger partial charge in [0, 0.05) is 22.3 Å². The molecule has 0 aromatic heterocycles. The van der Waals surface area contributed by atoms with Crippen molar-refractivity contribution in [2.75, 3.05) is 11.5 Å². The summed E-state index contributed by atoms with van der Waals surface area (Å²) in [6.45, 7) is 7.00. The van der Waals surface area contributed by atoms with Crippen molar-refractivity contribution in [3.05, 3.63) is 34.3 Å². The Balaban J connectivity index is 1.97. The van der Waals surface area contributed by atoms with Crippen molar-refractivity contribution in [3.63, 3.8) is 0 Å². The molecule has 1 unspecified atom stereocenters. The van der Waals surface area contributed by atoms with Crippen molar-refractivity contribution in [3.8, 4) is 0 Å². The van der Waals surface area contributed by atoms with Crippen LogP contribution in [-0.4, -0.2) is 17.5 Å². The Kier molecular flexibility index (Phi) is 4.79. The smallest absolute Gasteiger partial charge is 0.0295 e. The molecule has 2 atom stereocenters. The van der Waals surface area contributed by atoms with Crippen LogP contribution in [0.5, 0.6) is 0 Å². The Hall–Kier alpha value is 0.01000. The van der Waals surface area contributed by atoms with Crippen molar-refractivity contribution < 1.29 is 0 Å². The molecule has 3 heteroatoms. The molecule has 0 amide bonds. The van der Waals surface area contributed by atoms with Crippen molar-refractivity contribution in [2.45, 2.75) is 39.3 Å². The molecule has 1 aromatic carbocycles. The van der Waals surface area contributed by atoms with Crippen LogP contribution in [0.3, 0.4) is 0 Å². The molecule has 100 valence electrons. The third kappa shape index (κ3) is 4.01. The number of rotatable bonds is 3. The Bertz CT molecular complexity index is 405. The Morgan fingerprint density at radius 1 is 1.44 bits per heavy atom. The van der Waals surface area contributed by atoms with Crippen LogP contribution in [0.15, 0.2) is 28.7 Å². The highest BCUT2D eigenvalue weighted by atomic mass is 79.9. The minimum Gasteiger partial charge on any atom is -0.307 e. The van der Waals surface area contributed by atoms with Crippen LogP contribution < -0.4 is 5.32 Å². The zero-order valence-corrected chi connectivity index (χ0v) is 13.8. The van der Waals surface area contributed by atoms with Gasteiger partial charge in [-0.2, -0.15) is 11.8 Å². The minimum absolute atomic E-state index is 0.419. The van der Waals surface area contributed by atoms with Crippen LogP contribution in [0.1, 0.15) is 38.8 Å². The molecule has 1 heterocycles. The number of halogens is 1. The van der Waals surface area contributed by atoms with E-state index in [1.807, 2.05) is 0 Å². The first-order valence-electron chi connectivity index (χ1n) is 6.55. The fourth-order valence-electron chi connectivity index (χ4n) is 2.60. The van der Waals surface area contributed by atoms with E-state index in [9.17, 15) is 0 Å². The summed E-state index contributed by atoms with van der Waals surface area (Å²) in [5.74, 6) is 2.53. The average molecular weight is 328 g/mol. The van der Waals surface area contributed by atoms with Gasteiger partial charge in [0.1, 0.15) is 0 Å². The highest BCUT2D eigenvalue weighted by Crippen LogP contribution is 2.34. The lowest BCUT2D eigenvalue weighted by Crippen LogP contribution is -2.41. The van der Waals surface area contributed by atoms with E-state index < -0.39 is 0 Å². The molecule has 0 radical (unpaired) electrons. The molecule has 18 heavy (non-hydrogen) atoms. The maximum Gasteiger partial charge on any atom is 0.0295 e. The van der Waals surface area contributed by atoms with E-state index in [1.54, 1.807) is 0 Å². The van der Waals surface area contributed by atoms with E-state index in [1.165, 1.54) is 23.5 Å². The molecular weight excluding hydrogens is 306 g/mol. The highest BCUT2D eigenvalue weighted by molar-refractivity contribution is 9.10. The van der Waals surface area contributed by atoms with Gasteiger partial charge in [0.15, 0.2) is 0 Å². The van der Waals surface area contributed by atoms with Gasteiger partial charge in [-0.15, -0.1) is 0 Å². The fraction of sp³-hybridized carbons (Fsp3) is 0.600. The first kappa shape index (κ1) is 14.4. The van der Waals surface area contributed by atoms with Crippen LogP contribution in [0.4, 0.5) is 0 Å². The summed E-state index contributed by atoms with van der Waals surface area (Å²) in [4.78, 5) is 0. The van der Waals surface area contributed by atoms with Crippen molar-refractivity contribution in [1.29, 1.82) is 0 Å². The average Bonchev–Trinajstić information content (AvgIpc) is 2.27. The van der Waals surface area contributed by atoms with E-state index >= 15 is 0 Å². The summed E-state index contributed by atoms with van der Waals surface area (Å²) in [7, 11) is 0. The van der Waals surface area contributed by atoms with E-state index in [2.05, 4.69) is 78.0 Å². The van der Waals surface area contributed by atoms with Crippen LogP contribution >= 0.6 is 27.7 Å². The second-order valence-electron chi connectivity index (χ2n) is 6.02. The predicted octanol–water partition coefficient (Wildman–Crippen LogP) is 4.63. The lowest BCUT2D eigenvalue weighted by Gasteiger charge is -2.36. The second kappa shape index (κ2) is 5.98. The van der Waals surface area contributed by atoms with Gasteiger partial charge in [-0.25, -0.2) is 0 Å². The van der Waals surface area contributed by atoms with Crippen molar-refractivity contribution >= 4 is 27.7 Å². The van der Waals surface area contributed by atoms with E-state index in [-0.39, 0.29) is 0 Å². The van der Waals surface area contributed by atoms with Gasteiger partial charge in [0.25, 0.3) is 0 Å². The highest BCUT2D eigenvalue weighted by Gasteiger charge is 2.29. The third-order valence-corrected chi connectivity index (χ3v) is 5.56. The molecule has 1 nitrogen and oxygen atoms in total. The number of nitrogens with one attached hydrogen (secondary N) is 1. The van der Waals surface area contributed by atoms with Gasteiger partial charge in [0.2, 0.25) is 0 Å². The maximum absolute atomic E-state index is 3.78. The second-order valence-corrected chi connectivity index (χ2v) is 7.97. The molecule has 0 spiro atoms. The molecule has 0 saturated carbocycles. The van der Waals surface area contributed by atoms with Gasteiger partial charge < -0.3 is 5.32 Å². The molecule has 1 aromatic rings. The molecule has 1 aliphatic heterocycles. The van der Waals surface area contributed by atoms with Crippen molar-refractivity contribution in [2.24, 2.45) is 5.41 Å². The third-order valence-electron chi connectivity index (χ3n) is 3.45. The van der Waals surface area contributed by atoms with Gasteiger partial charge in [0.05, 0.1) is 0 Å². The summed E-state index contributed by atoms with van der Waals surface area (Å²) in [6, 6.07) is 9.64. The van der Waals surface area contributed by atoms with Crippen LogP contribution in [0, 0.1) is 5.41 Å². The predicted molar refractivity (Wildman–Crippen MR) is 85.2 cm³/mol. The first-order chi connectivity index (χ1) is 8.46.